The average molecular weight is 1180 g/mol. The number of carbonyl (C=O) groups is 7. The number of hydrogen-bond acceptors (Lipinski definition) is 16. The van der Waals surface area contributed by atoms with Crippen LogP contribution in [0.2, 0.25) is 0 Å². The van der Waals surface area contributed by atoms with Crippen molar-refractivity contribution in [2.75, 3.05) is 52.6 Å². The Balaban J connectivity index is 1.19. The molecule has 0 saturated carbocycles. The van der Waals surface area contributed by atoms with Crippen molar-refractivity contribution in [3.8, 4) is 33.8 Å². The fourth-order valence-corrected chi connectivity index (χ4v) is 10.9. The molecule has 23 nitrogen and oxygen atoms in total. The van der Waals surface area contributed by atoms with E-state index in [0.717, 1.165) is 52.2 Å². The summed E-state index contributed by atoms with van der Waals surface area (Å²) in [5, 5.41) is 72.6. The molecular weight excluding hydrogens is 1090 g/mol. The lowest BCUT2D eigenvalue weighted by atomic mass is 9.99. The van der Waals surface area contributed by atoms with Crippen LogP contribution in [0.1, 0.15) is 88.6 Å². The van der Waals surface area contributed by atoms with Crippen molar-refractivity contribution in [1.29, 1.82) is 0 Å². The number of nitrogens with zero attached hydrogens (tertiary/aromatic N) is 3. The summed E-state index contributed by atoms with van der Waals surface area (Å²) in [6.07, 6.45) is -5.49. The van der Waals surface area contributed by atoms with E-state index in [1.54, 1.807) is 38.1 Å². The molecule has 13 N–H and O–H groups in total. The number of aromatic hydroxyl groups is 1. The second-order valence-corrected chi connectivity index (χ2v) is 22.9. The summed E-state index contributed by atoms with van der Waals surface area (Å²) in [6, 6.07) is 17.3. The lowest BCUT2D eigenvalue weighted by Gasteiger charge is -2.33. The average Bonchev–Trinajstić information content (AvgIpc) is 3.53. The van der Waals surface area contributed by atoms with Crippen LogP contribution in [-0.2, 0) is 35.2 Å². The van der Waals surface area contributed by atoms with Gasteiger partial charge in [0.2, 0.25) is 35.4 Å². The summed E-state index contributed by atoms with van der Waals surface area (Å²) in [5.41, 5.74) is 10.0. The number of amides is 7. The molecule has 0 aliphatic carbocycles. The monoisotopic (exact) mass is 1180 g/mol. The normalized spacial score (nSPS) is 25.4. The first-order valence-electron chi connectivity index (χ1n) is 29.3. The molecule has 3 fully saturated rings. The van der Waals surface area contributed by atoms with Crippen LogP contribution in [0.15, 0.2) is 91.0 Å². The van der Waals surface area contributed by atoms with Gasteiger partial charge in [-0.1, -0.05) is 88.2 Å². The number of nitrogens with two attached hydrogens (primary N) is 1. The zero-order chi connectivity index (χ0) is 61.6. The zero-order valence-electron chi connectivity index (χ0n) is 49.2. The van der Waals surface area contributed by atoms with E-state index in [1.165, 1.54) is 30.0 Å². The molecule has 85 heavy (non-hydrogen) atoms. The second kappa shape index (κ2) is 29.9. The van der Waals surface area contributed by atoms with Crippen LogP contribution >= 0.6 is 0 Å². The highest BCUT2D eigenvalue weighted by molar-refractivity contribution is 6.00. The summed E-state index contributed by atoms with van der Waals surface area (Å²) in [7, 11) is 3.63. The SMILES string of the molecule is CCCCCOc1ccc(-c2ccc(-c3ccc(C(=O)NC4CC(O)C(NCCN(C)C)NC(=O)C5CC(C)CN5C(=O)C(C(C)O)NC(=O)C(C(O)Cc5ccc(O)c(N)c5)NC(=O)C5CC(O)CN5C(=O)C(CC)NC4=O)cc3)cc2)cc1. The maximum absolute atomic E-state index is 14.7. The first-order chi connectivity index (χ1) is 40.5. The van der Waals surface area contributed by atoms with Gasteiger partial charge in [-0.3, -0.25) is 38.9 Å². The number of carbonyl (C=O) groups excluding carboxylic acids is 7. The molecule has 12 unspecified atom stereocenters. The summed E-state index contributed by atoms with van der Waals surface area (Å²) >= 11 is 0. The van der Waals surface area contributed by atoms with Gasteiger partial charge in [-0.25, -0.2) is 0 Å². The number of nitrogen functional groups attached to an aromatic ring is 1. The minimum atomic E-state index is -1.89. The molecule has 12 atom stereocenters. The molecular formula is C62H84N10O13. The Bertz CT molecular complexity index is 2950. The third-order valence-electron chi connectivity index (χ3n) is 15.8. The number of rotatable bonds is 18. The van der Waals surface area contributed by atoms with E-state index in [0.29, 0.717) is 18.7 Å². The molecule has 23 heteroatoms. The maximum Gasteiger partial charge on any atom is 0.251 e. The van der Waals surface area contributed by atoms with E-state index < -0.39 is 115 Å². The highest BCUT2D eigenvalue weighted by Gasteiger charge is 2.46. The van der Waals surface area contributed by atoms with Crippen molar-refractivity contribution in [3.05, 3.63) is 102 Å². The molecule has 3 heterocycles. The van der Waals surface area contributed by atoms with E-state index in [2.05, 4.69) is 38.8 Å². The van der Waals surface area contributed by atoms with Crippen LogP contribution in [0.3, 0.4) is 0 Å². The molecule has 7 amide bonds. The van der Waals surface area contributed by atoms with Crippen molar-refractivity contribution >= 4 is 47.0 Å². The fraction of sp³-hybridized carbons (Fsp3) is 0.500. The lowest BCUT2D eigenvalue weighted by molar-refractivity contribution is -0.145. The lowest BCUT2D eigenvalue weighted by Crippen LogP contribution is -2.63. The van der Waals surface area contributed by atoms with Crippen LogP contribution in [0, 0.1) is 5.92 Å². The standard InChI is InChI=1S/C62H84N10O13/c1-7-9-10-27-85-44-22-20-41(21-23-44)39-14-12-38(13-15-39)40-16-18-42(19-17-40)56(78)66-47-32-52(77)55(64-25-26-70(5)6)69-59(81)48-28-35(3)33-71(48)62(84)53(36(4)73)67-60(82)54(51(76)30-37-11-24-50(75)45(63)29-37)68-58(80)49-31-43(74)34-72(49)61(83)46(8-2)65-57(47)79/h11-24,29,35-36,43,46-49,51-55,64,73-77H,7-10,25-28,30-34,63H2,1-6H3,(H,65,79)(H,66,78)(H,67,82)(H,68,80)(H,69,81). The molecule has 460 valence electrons. The quantitative estimate of drug-likeness (QED) is 0.0380. The number of nitrogens with one attached hydrogen (secondary N) is 6. The fourth-order valence-electron chi connectivity index (χ4n) is 10.9. The van der Waals surface area contributed by atoms with Gasteiger partial charge in [-0.05, 0) is 110 Å². The number of unbranched alkanes of at least 4 members (excludes halogenated alkanes) is 2. The van der Waals surface area contributed by atoms with Crippen LogP contribution in [0.5, 0.6) is 11.5 Å². The summed E-state index contributed by atoms with van der Waals surface area (Å²) < 4.78 is 5.88. The summed E-state index contributed by atoms with van der Waals surface area (Å²) in [6.45, 7) is 7.68. The maximum atomic E-state index is 14.7. The Hall–Kier alpha value is -7.67. The Labute approximate surface area is 496 Å². The third kappa shape index (κ3) is 17.0. The van der Waals surface area contributed by atoms with Crippen LogP contribution in [0.25, 0.3) is 22.3 Å². The number of anilines is 1. The van der Waals surface area contributed by atoms with Crippen LogP contribution in [-0.4, -0.2) is 195 Å². The zero-order valence-corrected chi connectivity index (χ0v) is 49.2. The molecule has 0 spiro atoms. The second-order valence-electron chi connectivity index (χ2n) is 22.9. The van der Waals surface area contributed by atoms with Gasteiger partial charge in [0.1, 0.15) is 53.9 Å². The molecule has 4 aromatic carbocycles. The molecule has 0 radical (unpaired) electrons. The minimum absolute atomic E-state index is 0.00114. The topological polar surface area (TPSA) is 338 Å². The van der Waals surface area contributed by atoms with Crippen LogP contribution < -0.4 is 42.4 Å². The van der Waals surface area contributed by atoms with Gasteiger partial charge < -0.3 is 77.3 Å². The first-order valence-corrected chi connectivity index (χ1v) is 29.3. The molecule has 3 saturated heterocycles. The smallest absolute Gasteiger partial charge is 0.251 e. The van der Waals surface area contributed by atoms with E-state index >= 15 is 0 Å². The van der Waals surface area contributed by atoms with Crippen LogP contribution in [0.4, 0.5) is 5.69 Å². The minimum Gasteiger partial charge on any atom is -0.506 e. The van der Waals surface area contributed by atoms with Gasteiger partial charge in [0.15, 0.2) is 0 Å². The largest absolute Gasteiger partial charge is 0.506 e. The van der Waals surface area contributed by atoms with Crippen molar-refractivity contribution in [1.82, 2.24) is 46.6 Å². The number of fused-ring (bicyclic) bond motifs is 2. The van der Waals surface area contributed by atoms with Crippen molar-refractivity contribution in [2.24, 2.45) is 5.92 Å². The van der Waals surface area contributed by atoms with Gasteiger partial charge >= 0.3 is 0 Å². The van der Waals surface area contributed by atoms with Crippen molar-refractivity contribution in [3.63, 3.8) is 0 Å². The van der Waals surface area contributed by atoms with Gasteiger partial charge in [0.25, 0.3) is 5.91 Å². The summed E-state index contributed by atoms with van der Waals surface area (Å²) in [4.78, 5) is 106. The number of ether oxygens (including phenoxy) is 1. The molecule has 4 aromatic rings. The van der Waals surface area contributed by atoms with Gasteiger partial charge in [-0.2, -0.15) is 0 Å². The Morgan fingerprint density at radius 2 is 1.32 bits per heavy atom. The predicted octanol–water partition coefficient (Wildman–Crippen LogP) is 1.38. The van der Waals surface area contributed by atoms with Crippen molar-refractivity contribution in [2.45, 2.75) is 146 Å². The molecule has 7 rings (SSSR count). The Morgan fingerprint density at radius 3 is 1.92 bits per heavy atom. The van der Waals surface area contributed by atoms with E-state index in [9.17, 15) is 59.1 Å². The van der Waals surface area contributed by atoms with E-state index in [-0.39, 0.29) is 68.2 Å². The van der Waals surface area contributed by atoms with E-state index in [1.807, 2.05) is 67.5 Å². The molecule has 0 aromatic heterocycles. The van der Waals surface area contributed by atoms with Gasteiger partial charge in [-0.15, -0.1) is 0 Å². The number of phenolic OH excluding ortho intramolecular Hbond substituents is 1. The number of benzene rings is 4. The highest BCUT2D eigenvalue weighted by atomic mass is 16.5. The van der Waals surface area contributed by atoms with Gasteiger partial charge in [0, 0.05) is 51.0 Å². The van der Waals surface area contributed by atoms with E-state index in [4.69, 9.17) is 10.5 Å². The number of likely N-dealkylation sites (N-methyl/N-ethyl adjacent to an activating group) is 1. The predicted molar refractivity (Wildman–Crippen MR) is 318 cm³/mol. The van der Waals surface area contributed by atoms with Crippen molar-refractivity contribution < 1.29 is 63.8 Å². The molecule has 3 aliphatic heterocycles. The van der Waals surface area contributed by atoms with Gasteiger partial charge in [0.05, 0.1) is 36.7 Å². The highest BCUT2D eigenvalue weighted by Crippen LogP contribution is 2.29. The number of aliphatic hydroxyl groups excluding tert-OH is 4. The summed E-state index contributed by atoms with van der Waals surface area (Å²) in [5.74, 6) is -5.91. The third-order valence-corrected chi connectivity index (χ3v) is 15.8. The Kier molecular flexibility index (Phi) is 22.8. The molecule has 0 bridgehead atoms. The number of aliphatic hydroxyl groups is 4. The Morgan fingerprint density at radius 1 is 0.729 bits per heavy atom. The number of hydrogen-bond donors (Lipinski definition) is 12. The molecule has 3 aliphatic rings. The first kappa shape index (κ1) is 64.9. The number of phenols is 1.